The molecule has 0 radical (unpaired) electrons. The van der Waals surface area contributed by atoms with Crippen molar-refractivity contribution >= 4 is 10.0 Å². The monoisotopic (exact) mass is 278 g/mol. The van der Waals surface area contributed by atoms with Crippen LogP contribution in [0.2, 0.25) is 0 Å². The number of nitrogens with one attached hydrogen (secondary N) is 1. The number of sulfonamides is 1. The molecule has 0 spiro atoms. The summed E-state index contributed by atoms with van der Waals surface area (Å²) in [4.78, 5) is 0. The molecule has 1 fully saturated rings. The van der Waals surface area contributed by atoms with Gasteiger partial charge in [-0.15, -0.1) is 0 Å². The number of rotatable bonds is 7. The molecule has 1 rings (SSSR count). The fraction of sp³-hybridized carbons (Fsp3) is 1.00. The highest BCUT2D eigenvalue weighted by atomic mass is 32.2. The Morgan fingerprint density at radius 1 is 1.44 bits per heavy atom. The lowest BCUT2D eigenvalue weighted by Crippen LogP contribution is -2.50. The molecule has 1 N–H and O–H groups in total. The fourth-order valence-corrected chi connectivity index (χ4v) is 3.89. The summed E-state index contributed by atoms with van der Waals surface area (Å²) >= 11 is 0. The normalized spacial score (nSPS) is 26.4. The predicted molar refractivity (Wildman–Crippen MR) is 73.2 cm³/mol. The van der Waals surface area contributed by atoms with Gasteiger partial charge in [0, 0.05) is 20.2 Å². The van der Waals surface area contributed by atoms with Crippen molar-refractivity contribution in [2.75, 3.05) is 39.0 Å². The molecule has 108 valence electrons. The molecular weight excluding hydrogens is 252 g/mol. The number of hydrogen-bond donors (Lipinski definition) is 1. The van der Waals surface area contributed by atoms with Gasteiger partial charge in [-0.05, 0) is 39.3 Å². The van der Waals surface area contributed by atoms with Crippen molar-refractivity contribution in [3.8, 4) is 0 Å². The zero-order chi connectivity index (χ0) is 13.6. The third-order valence-corrected chi connectivity index (χ3v) is 5.42. The summed E-state index contributed by atoms with van der Waals surface area (Å²) < 4.78 is 31.4. The molecule has 1 saturated heterocycles. The summed E-state index contributed by atoms with van der Waals surface area (Å²) in [5.74, 6) is 0.222. The van der Waals surface area contributed by atoms with Crippen LogP contribution in [0.5, 0.6) is 0 Å². The van der Waals surface area contributed by atoms with Crippen LogP contribution in [0, 0.1) is 0 Å². The Bertz CT molecular complexity index is 345. The smallest absolute Gasteiger partial charge is 0.214 e. The van der Waals surface area contributed by atoms with Crippen molar-refractivity contribution in [2.24, 2.45) is 0 Å². The number of hydrogen-bond acceptors (Lipinski definition) is 4. The lowest BCUT2D eigenvalue weighted by Gasteiger charge is -2.38. The standard InChI is InChI=1S/C12H26N2O3S/c1-4-13-8-6-10-18(15,16)14-9-5-7-12(2,11-14)17-3/h13H,4-11H2,1-3H3. The number of methoxy groups -OCH3 is 1. The van der Waals surface area contributed by atoms with Gasteiger partial charge in [0.15, 0.2) is 0 Å². The van der Waals surface area contributed by atoms with Crippen molar-refractivity contribution < 1.29 is 13.2 Å². The van der Waals surface area contributed by atoms with E-state index in [1.807, 2.05) is 13.8 Å². The van der Waals surface area contributed by atoms with Crippen molar-refractivity contribution in [3.05, 3.63) is 0 Å². The molecule has 1 unspecified atom stereocenters. The van der Waals surface area contributed by atoms with Gasteiger partial charge in [-0.25, -0.2) is 8.42 Å². The van der Waals surface area contributed by atoms with Gasteiger partial charge in [-0.3, -0.25) is 0 Å². The maximum absolute atomic E-state index is 12.2. The van der Waals surface area contributed by atoms with Crippen molar-refractivity contribution in [3.63, 3.8) is 0 Å². The van der Waals surface area contributed by atoms with Crippen molar-refractivity contribution in [2.45, 2.75) is 38.7 Å². The Morgan fingerprint density at radius 3 is 2.78 bits per heavy atom. The first-order chi connectivity index (χ1) is 8.43. The van der Waals surface area contributed by atoms with Gasteiger partial charge < -0.3 is 10.1 Å². The Kier molecular flexibility index (Phi) is 6.04. The van der Waals surface area contributed by atoms with Crippen LogP contribution in [0.3, 0.4) is 0 Å². The molecule has 0 aromatic rings. The quantitative estimate of drug-likeness (QED) is 0.700. The molecule has 0 aromatic carbocycles. The zero-order valence-electron chi connectivity index (χ0n) is 11.7. The molecule has 1 heterocycles. The molecule has 6 heteroatoms. The van der Waals surface area contributed by atoms with E-state index in [1.165, 1.54) is 0 Å². The molecule has 1 aliphatic rings. The Hall–Kier alpha value is -0.170. The second-order valence-electron chi connectivity index (χ2n) is 5.11. The van der Waals surface area contributed by atoms with Gasteiger partial charge in [0.1, 0.15) is 0 Å². The minimum Gasteiger partial charge on any atom is -0.377 e. The van der Waals surface area contributed by atoms with Gasteiger partial charge in [0.25, 0.3) is 0 Å². The third-order valence-electron chi connectivity index (χ3n) is 3.52. The lowest BCUT2D eigenvalue weighted by molar-refractivity contribution is -0.0319. The molecule has 18 heavy (non-hydrogen) atoms. The predicted octanol–water partition coefficient (Wildman–Crippen LogP) is 0.817. The first-order valence-corrected chi connectivity index (χ1v) is 8.28. The van der Waals surface area contributed by atoms with Crippen LogP contribution in [0.4, 0.5) is 0 Å². The fourth-order valence-electron chi connectivity index (χ4n) is 2.25. The van der Waals surface area contributed by atoms with Crippen LogP contribution < -0.4 is 5.32 Å². The number of piperidine rings is 1. The molecule has 0 amide bonds. The van der Waals surface area contributed by atoms with E-state index in [4.69, 9.17) is 4.74 Å². The van der Waals surface area contributed by atoms with E-state index in [0.717, 1.165) is 25.9 Å². The van der Waals surface area contributed by atoms with Crippen LogP contribution >= 0.6 is 0 Å². The van der Waals surface area contributed by atoms with Gasteiger partial charge in [-0.2, -0.15) is 4.31 Å². The van der Waals surface area contributed by atoms with E-state index in [-0.39, 0.29) is 11.4 Å². The minimum absolute atomic E-state index is 0.222. The Labute approximate surface area is 111 Å². The van der Waals surface area contributed by atoms with E-state index in [2.05, 4.69) is 5.32 Å². The highest BCUT2D eigenvalue weighted by molar-refractivity contribution is 7.89. The van der Waals surface area contributed by atoms with Crippen LogP contribution in [0.15, 0.2) is 0 Å². The second kappa shape index (κ2) is 6.84. The molecule has 0 aromatic heterocycles. The first-order valence-electron chi connectivity index (χ1n) is 6.67. The lowest BCUT2D eigenvalue weighted by atomic mass is 9.96. The largest absolute Gasteiger partial charge is 0.377 e. The average molecular weight is 278 g/mol. The Morgan fingerprint density at radius 2 is 2.17 bits per heavy atom. The zero-order valence-corrected chi connectivity index (χ0v) is 12.6. The van der Waals surface area contributed by atoms with Crippen LogP contribution in [0.25, 0.3) is 0 Å². The summed E-state index contributed by atoms with van der Waals surface area (Å²) in [5.41, 5.74) is -0.326. The molecule has 0 bridgehead atoms. The maximum Gasteiger partial charge on any atom is 0.214 e. The van der Waals surface area contributed by atoms with Crippen molar-refractivity contribution in [1.29, 1.82) is 0 Å². The highest BCUT2D eigenvalue weighted by Gasteiger charge is 2.35. The van der Waals surface area contributed by atoms with E-state index >= 15 is 0 Å². The number of ether oxygens (including phenoxy) is 1. The molecule has 1 atom stereocenters. The molecule has 0 aliphatic carbocycles. The van der Waals surface area contributed by atoms with E-state index < -0.39 is 10.0 Å². The summed E-state index contributed by atoms with van der Waals surface area (Å²) in [7, 11) is -1.48. The maximum atomic E-state index is 12.2. The first kappa shape index (κ1) is 15.9. The summed E-state index contributed by atoms with van der Waals surface area (Å²) in [6.45, 7) is 6.74. The Balaban J connectivity index is 2.51. The SMILES string of the molecule is CCNCCCS(=O)(=O)N1CCCC(C)(OC)C1. The topological polar surface area (TPSA) is 58.6 Å². The van der Waals surface area contributed by atoms with Gasteiger partial charge >= 0.3 is 0 Å². The summed E-state index contributed by atoms with van der Waals surface area (Å²) in [5, 5.41) is 3.14. The van der Waals surface area contributed by atoms with Crippen molar-refractivity contribution in [1.82, 2.24) is 9.62 Å². The van der Waals surface area contributed by atoms with E-state index in [9.17, 15) is 8.42 Å². The average Bonchev–Trinajstić information content (AvgIpc) is 2.35. The summed E-state index contributed by atoms with van der Waals surface area (Å²) in [6, 6.07) is 0. The van der Waals surface area contributed by atoms with Crippen LogP contribution in [-0.2, 0) is 14.8 Å². The minimum atomic E-state index is -3.13. The van der Waals surface area contributed by atoms with Crippen LogP contribution in [0.1, 0.15) is 33.1 Å². The molecular formula is C12H26N2O3S. The summed E-state index contributed by atoms with van der Waals surface area (Å²) in [6.07, 6.45) is 2.46. The van der Waals surface area contributed by atoms with Gasteiger partial charge in [0.05, 0.1) is 11.4 Å². The second-order valence-corrected chi connectivity index (χ2v) is 7.20. The van der Waals surface area contributed by atoms with Crippen LogP contribution in [-0.4, -0.2) is 57.4 Å². The van der Waals surface area contributed by atoms with E-state index in [0.29, 0.717) is 19.5 Å². The van der Waals surface area contributed by atoms with E-state index in [1.54, 1.807) is 11.4 Å². The van der Waals surface area contributed by atoms with Gasteiger partial charge in [0.2, 0.25) is 10.0 Å². The third kappa shape index (κ3) is 4.50. The molecule has 5 nitrogen and oxygen atoms in total. The highest BCUT2D eigenvalue weighted by Crippen LogP contribution is 2.25. The molecule has 1 aliphatic heterocycles. The molecule has 0 saturated carbocycles. The number of nitrogens with zero attached hydrogens (tertiary/aromatic N) is 1. The van der Waals surface area contributed by atoms with Gasteiger partial charge in [-0.1, -0.05) is 6.92 Å².